The molecule has 0 aliphatic heterocycles. The first-order valence-electron chi connectivity index (χ1n) is 13.3. The Morgan fingerprint density at radius 3 is 2.21 bits per heavy atom. The fourth-order valence-electron chi connectivity index (χ4n) is 5.04. The Morgan fingerprint density at radius 2 is 1.63 bits per heavy atom. The molecule has 1 N–H and O–H groups in total. The van der Waals surface area contributed by atoms with Gasteiger partial charge in [-0.1, -0.05) is 53.4 Å². The minimum Gasteiger partial charge on any atom is -0.352 e. The van der Waals surface area contributed by atoms with E-state index in [1.165, 1.54) is 17.0 Å². The number of hydrogen-bond acceptors (Lipinski definition) is 4. The van der Waals surface area contributed by atoms with E-state index in [0.717, 1.165) is 46.8 Å². The van der Waals surface area contributed by atoms with Gasteiger partial charge in [-0.2, -0.15) is 0 Å². The molecule has 0 radical (unpaired) electrons. The Labute approximate surface area is 236 Å². The molecule has 7 nitrogen and oxygen atoms in total. The summed E-state index contributed by atoms with van der Waals surface area (Å²) in [4.78, 5) is 28.3. The van der Waals surface area contributed by atoms with Crippen molar-refractivity contribution in [2.45, 2.75) is 84.3 Å². The van der Waals surface area contributed by atoms with Crippen LogP contribution in [0.15, 0.2) is 46.9 Å². The lowest BCUT2D eigenvalue weighted by atomic mass is 9.95. The molecule has 1 aliphatic carbocycles. The number of sulfonamides is 1. The summed E-state index contributed by atoms with van der Waals surface area (Å²) in [6, 6.07) is 12.9. The molecule has 2 aromatic carbocycles. The molecule has 3 rings (SSSR count). The van der Waals surface area contributed by atoms with Crippen LogP contribution in [0.4, 0.5) is 5.69 Å². The maximum absolute atomic E-state index is 13.5. The molecule has 38 heavy (non-hydrogen) atoms. The number of nitrogens with one attached hydrogen (secondary N) is 1. The van der Waals surface area contributed by atoms with Gasteiger partial charge in [-0.15, -0.1) is 0 Å². The number of aryl methyl sites for hydroxylation is 2. The number of carbonyl (C=O) groups is 2. The largest absolute Gasteiger partial charge is 0.352 e. The van der Waals surface area contributed by atoms with Gasteiger partial charge in [-0.25, -0.2) is 8.42 Å². The Bertz CT molecular complexity index is 1190. The normalized spacial score (nSPS) is 15.1. The molecule has 0 heterocycles. The highest BCUT2D eigenvalue weighted by atomic mass is 79.9. The smallest absolute Gasteiger partial charge is 0.242 e. The fraction of sp³-hybridized carbons (Fsp3) is 0.517. The number of hydrogen-bond donors (Lipinski definition) is 1. The molecule has 2 aromatic rings. The topological polar surface area (TPSA) is 86.8 Å². The van der Waals surface area contributed by atoms with Crippen molar-refractivity contribution in [3.05, 3.63) is 63.6 Å². The Morgan fingerprint density at radius 1 is 1.03 bits per heavy atom. The van der Waals surface area contributed by atoms with E-state index in [4.69, 9.17) is 0 Å². The van der Waals surface area contributed by atoms with Crippen LogP contribution >= 0.6 is 15.9 Å². The molecular formula is C29H40BrN3O4S. The Balaban J connectivity index is 1.72. The molecule has 2 amide bonds. The van der Waals surface area contributed by atoms with E-state index in [9.17, 15) is 18.0 Å². The summed E-state index contributed by atoms with van der Waals surface area (Å²) in [5, 5.41) is 3.15. The van der Waals surface area contributed by atoms with Crippen LogP contribution in [-0.2, 0) is 26.2 Å². The second-order valence-electron chi connectivity index (χ2n) is 10.5. The van der Waals surface area contributed by atoms with Gasteiger partial charge in [0.05, 0.1) is 11.9 Å². The highest BCUT2D eigenvalue weighted by molar-refractivity contribution is 9.10. The minimum atomic E-state index is -3.53. The molecule has 0 bridgehead atoms. The van der Waals surface area contributed by atoms with Crippen LogP contribution in [0.5, 0.6) is 0 Å². The Hall–Kier alpha value is -2.39. The van der Waals surface area contributed by atoms with Crippen molar-refractivity contribution in [2.75, 3.05) is 17.1 Å². The number of carbonyl (C=O) groups excluding carboxylic acids is 2. The number of nitrogens with zero attached hydrogens (tertiary/aromatic N) is 2. The van der Waals surface area contributed by atoms with Crippen LogP contribution < -0.4 is 9.62 Å². The summed E-state index contributed by atoms with van der Waals surface area (Å²) in [6.07, 6.45) is 7.02. The summed E-state index contributed by atoms with van der Waals surface area (Å²) >= 11 is 3.44. The van der Waals surface area contributed by atoms with Crippen molar-refractivity contribution < 1.29 is 18.0 Å². The average Bonchev–Trinajstić information content (AvgIpc) is 2.85. The van der Waals surface area contributed by atoms with Gasteiger partial charge in [0, 0.05) is 30.0 Å². The van der Waals surface area contributed by atoms with Crippen molar-refractivity contribution in [1.29, 1.82) is 0 Å². The van der Waals surface area contributed by atoms with E-state index in [0.29, 0.717) is 18.7 Å². The standard InChI is InChI=1S/C29H40BrN3O4S/c1-21-17-22(2)19-27(18-21)33(38(4,36)37)16-8-11-28(34)32(20-24-12-14-25(30)15-13-24)23(3)29(35)31-26-9-6-5-7-10-26/h12-15,17-19,23,26H,5-11,16,20H2,1-4H3,(H,31,35)/t23-/m1/s1. The van der Waals surface area contributed by atoms with Crippen molar-refractivity contribution in [3.63, 3.8) is 0 Å². The summed E-state index contributed by atoms with van der Waals surface area (Å²) in [5.74, 6) is -0.316. The molecule has 0 aromatic heterocycles. The molecule has 0 saturated heterocycles. The van der Waals surface area contributed by atoms with Gasteiger partial charge in [0.1, 0.15) is 6.04 Å². The van der Waals surface area contributed by atoms with Crippen LogP contribution in [0.1, 0.15) is 68.6 Å². The monoisotopic (exact) mass is 605 g/mol. The van der Waals surface area contributed by atoms with Crippen LogP contribution in [0.3, 0.4) is 0 Å². The molecule has 0 spiro atoms. The molecule has 1 aliphatic rings. The quantitative estimate of drug-likeness (QED) is 0.367. The summed E-state index contributed by atoms with van der Waals surface area (Å²) in [7, 11) is -3.53. The first kappa shape index (κ1) is 30.2. The van der Waals surface area contributed by atoms with E-state index in [-0.39, 0.29) is 30.8 Å². The number of benzene rings is 2. The van der Waals surface area contributed by atoms with Gasteiger partial charge in [-0.05, 0) is 81.0 Å². The predicted molar refractivity (Wildman–Crippen MR) is 157 cm³/mol. The van der Waals surface area contributed by atoms with E-state index in [2.05, 4.69) is 21.2 Å². The molecule has 9 heteroatoms. The van der Waals surface area contributed by atoms with Crippen LogP contribution in [0.2, 0.25) is 0 Å². The Kier molecular flexibility index (Phi) is 10.8. The third-order valence-electron chi connectivity index (χ3n) is 7.03. The van der Waals surface area contributed by atoms with Crippen LogP contribution in [0, 0.1) is 13.8 Å². The van der Waals surface area contributed by atoms with Crippen molar-refractivity contribution in [2.24, 2.45) is 0 Å². The summed E-state index contributed by atoms with van der Waals surface area (Å²) in [6.45, 7) is 6.12. The maximum atomic E-state index is 13.5. The molecule has 1 saturated carbocycles. The first-order chi connectivity index (χ1) is 17.9. The molecular weight excluding hydrogens is 566 g/mol. The van der Waals surface area contributed by atoms with Gasteiger partial charge in [0.25, 0.3) is 0 Å². The lowest BCUT2D eigenvalue weighted by molar-refractivity contribution is -0.141. The zero-order valence-electron chi connectivity index (χ0n) is 22.9. The van der Waals surface area contributed by atoms with Crippen molar-refractivity contribution in [1.82, 2.24) is 10.2 Å². The number of rotatable bonds is 11. The zero-order valence-corrected chi connectivity index (χ0v) is 25.3. The SMILES string of the molecule is Cc1cc(C)cc(N(CCCC(=O)N(Cc2ccc(Br)cc2)[C@H](C)C(=O)NC2CCCCC2)S(C)(=O)=O)c1. The minimum absolute atomic E-state index is 0.133. The summed E-state index contributed by atoms with van der Waals surface area (Å²) < 4.78 is 27.5. The second-order valence-corrected chi connectivity index (χ2v) is 13.3. The molecule has 1 fully saturated rings. The third kappa shape index (κ3) is 8.83. The second kappa shape index (κ2) is 13.6. The number of amides is 2. The van der Waals surface area contributed by atoms with E-state index in [1.807, 2.05) is 56.3 Å². The average molecular weight is 607 g/mol. The molecule has 1 atom stereocenters. The maximum Gasteiger partial charge on any atom is 0.242 e. The highest BCUT2D eigenvalue weighted by Gasteiger charge is 2.28. The lowest BCUT2D eigenvalue weighted by Crippen LogP contribution is -2.50. The lowest BCUT2D eigenvalue weighted by Gasteiger charge is -2.31. The van der Waals surface area contributed by atoms with Gasteiger partial charge < -0.3 is 10.2 Å². The highest BCUT2D eigenvalue weighted by Crippen LogP contribution is 2.23. The third-order valence-corrected chi connectivity index (χ3v) is 8.75. The molecule has 0 unspecified atom stereocenters. The molecule has 208 valence electrons. The van der Waals surface area contributed by atoms with Crippen molar-refractivity contribution >= 4 is 43.5 Å². The number of halogens is 1. The van der Waals surface area contributed by atoms with Crippen molar-refractivity contribution in [3.8, 4) is 0 Å². The fourth-order valence-corrected chi connectivity index (χ4v) is 6.25. The van der Waals surface area contributed by atoms with Crippen LogP contribution in [-0.4, -0.2) is 50.0 Å². The van der Waals surface area contributed by atoms with Gasteiger partial charge in [-0.3, -0.25) is 13.9 Å². The van der Waals surface area contributed by atoms with Gasteiger partial charge in [0.2, 0.25) is 21.8 Å². The number of anilines is 1. The van der Waals surface area contributed by atoms with Gasteiger partial charge >= 0.3 is 0 Å². The van der Waals surface area contributed by atoms with E-state index in [1.54, 1.807) is 11.8 Å². The van der Waals surface area contributed by atoms with Crippen LogP contribution in [0.25, 0.3) is 0 Å². The zero-order chi connectivity index (χ0) is 27.9. The first-order valence-corrected chi connectivity index (χ1v) is 16.0. The predicted octanol–water partition coefficient (Wildman–Crippen LogP) is 5.48. The van der Waals surface area contributed by atoms with E-state index < -0.39 is 16.1 Å². The summed E-state index contributed by atoms with van der Waals surface area (Å²) in [5.41, 5.74) is 3.47. The van der Waals surface area contributed by atoms with E-state index >= 15 is 0 Å². The van der Waals surface area contributed by atoms with Gasteiger partial charge in [0.15, 0.2) is 0 Å².